The normalized spacial score (nSPS) is 10.5. The van der Waals surface area contributed by atoms with Crippen molar-refractivity contribution in [2.24, 2.45) is 0 Å². The summed E-state index contributed by atoms with van der Waals surface area (Å²) in [6.45, 7) is 0. The average Bonchev–Trinajstić information content (AvgIpc) is 2.67. The lowest BCUT2D eigenvalue weighted by Crippen LogP contribution is -2.13. The molecule has 0 bridgehead atoms. The van der Waals surface area contributed by atoms with Crippen LogP contribution in [0.4, 0.5) is 10.1 Å². The molecule has 0 saturated carbocycles. The maximum atomic E-state index is 13.9. The molecule has 7 heteroatoms. The molecule has 3 aromatic rings. The van der Waals surface area contributed by atoms with Gasteiger partial charge in [-0.25, -0.2) is 4.39 Å². The van der Waals surface area contributed by atoms with Gasteiger partial charge in [0.15, 0.2) is 11.5 Å². The van der Waals surface area contributed by atoms with Gasteiger partial charge >= 0.3 is 0 Å². The Bertz CT molecular complexity index is 950. The van der Waals surface area contributed by atoms with Crippen molar-refractivity contribution in [3.63, 3.8) is 0 Å². The van der Waals surface area contributed by atoms with Crippen LogP contribution in [0.5, 0.6) is 17.2 Å². The van der Waals surface area contributed by atoms with E-state index in [1.165, 1.54) is 33.6 Å². The molecule has 0 fully saturated rings. The van der Waals surface area contributed by atoms with Gasteiger partial charge in [-0.2, -0.15) is 0 Å². The number of carbonyl (C=O) groups is 1. The van der Waals surface area contributed by atoms with Gasteiger partial charge in [0.2, 0.25) is 5.75 Å². The molecule has 0 saturated heterocycles. The maximum absolute atomic E-state index is 13.9. The number of halogens is 1. The van der Waals surface area contributed by atoms with Gasteiger partial charge in [0.1, 0.15) is 11.3 Å². The summed E-state index contributed by atoms with van der Waals surface area (Å²) in [5, 5.41) is 3.28. The van der Waals surface area contributed by atoms with E-state index < -0.39 is 11.7 Å². The zero-order valence-electron chi connectivity index (χ0n) is 14.5. The number of hydrogen-bond donors (Lipinski definition) is 1. The van der Waals surface area contributed by atoms with Crippen molar-refractivity contribution >= 4 is 22.5 Å². The summed E-state index contributed by atoms with van der Waals surface area (Å²) >= 11 is 0. The van der Waals surface area contributed by atoms with Crippen LogP contribution in [0, 0.1) is 5.82 Å². The first kappa shape index (κ1) is 17.5. The number of fused-ring (bicyclic) bond motifs is 1. The van der Waals surface area contributed by atoms with E-state index in [0.29, 0.717) is 33.9 Å². The van der Waals surface area contributed by atoms with Crippen molar-refractivity contribution in [2.45, 2.75) is 0 Å². The van der Waals surface area contributed by atoms with Crippen LogP contribution in [0.15, 0.2) is 42.6 Å². The van der Waals surface area contributed by atoms with Crippen molar-refractivity contribution in [1.29, 1.82) is 0 Å². The third kappa shape index (κ3) is 3.11. The van der Waals surface area contributed by atoms with Crippen LogP contribution in [0.1, 0.15) is 10.4 Å². The molecule has 6 nitrogen and oxygen atoms in total. The van der Waals surface area contributed by atoms with Gasteiger partial charge in [0.05, 0.1) is 27.0 Å². The van der Waals surface area contributed by atoms with Crippen molar-refractivity contribution in [2.75, 3.05) is 26.6 Å². The number of aromatic nitrogens is 1. The smallest absolute Gasteiger partial charge is 0.255 e. The lowest BCUT2D eigenvalue weighted by Gasteiger charge is -2.14. The SMILES string of the molecule is COc1cc(C(=O)Nc2ccnc3c(F)cccc23)cc(OC)c1OC. The third-order valence-electron chi connectivity index (χ3n) is 3.90. The van der Waals surface area contributed by atoms with E-state index in [2.05, 4.69) is 10.3 Å². The molecule has 26 heavy (non-hydrogen) atoms. The highest BCUT2D eigenvalue weighted by molar-refractivity contribution is 6.09. The molecule has 0 unspecified atom stereocenters. The number of nitrogens with one attached hydrogen (secondary N) is 1. The molecule has 0 radical (unpaired) electrons. The molecule has 1 N–H and O–H groups in total. The van der Waals surface area contributed by atoms with Crippen molar-refractivity contribution < 1.29 is 23.4 Å². The van der Waals surface area contributed by atoms with E-state index in [4.69, 9.17) is 14.2 Å². The van der Waals surface area contributed by atoms with E-state index in [1.807, 2.05) is 0 Å². The monoisotopic (exact) mass is 356 g/mol. The van der Waals surface area contributed by atoms with E-state index in [0.717, 1.165) is 0 Å². The highest BCUT2D eigenvalue weighted by atomic mass is 19.1. The third-order valence-corrected chi connectivity index (χ3v) is 3.90. The molecular weight excluding hydrogens is 339 g/mol. The second kappa shape index (κ2) is 7.26. The molecule has 0 atom stereocenters. The first-order valence-electron chi connectivity index (χ1n) is 7.73. The quantitative estimate of drug-likeness (QED) is 0.756. The van der Waals surface area contributed by atoms with Crippen LogP contribution in [0.25, 0.3) is 10.9 Å². The van der Waals surface area contributed by atoms with Gasteiger partial charge in [0, 0.05) is 17.1 Å². The van der Waals surface area contributed by atoms with Gasteiger partial charge in [-0.3, -0.25) is 9.78 Å². The van der Waals surface area contributed by atoms with Crippen molar-refractivity contribution in [3.05, 3.63) is 54.0 Å². The molecule has 0 aliphatic heterocycles. The lowest BCUT2D eigenvalue weighted by molar-refractivity contribution is 0.102. The number of hydrogen-bond acceptors (Lipinski definition) is 5. The fraction of sp³-hybridized carbons (Fsp3) is 0.158. The highest BCUT2D eigenvalue weighted by Gasteiger charge is 2.18. The summed E-state index contributed by atoms with van der Waals surface area (Å²) in [4.78, 5) is 16.7. The Morgan fingerprint density at radius 1 is 1.04 bits per heavy atom. The molecule has 134 valence electrons. The van der Waals surface area contributed by atoms with Crippen LogP contribution in [0.2, 0.25) is 0 Å². The number of anilines is 1. The molecular formula is C19H17FN2O4. The highest BCUT2D eigenvalue weighted by Crippen LogP contribution is 2.38. The van der Waals surface area contributed by atoms with E-state index in [1.54, 1.807) is 30.3 Å². The largest absolute Gasteiger partial charge is 0.493 e. The lowest BCUT2D eigenvalue weighted by atomic mass is 10.1. The second-order valence-corrected chi connectivity index (χ2v) is 5.36. The Kier molecular flexibility index (Phi) is 4.88. The van der Waals surface area contributed by atoms with Crippen LogP contribution in [-0.2, 0) is 0 Å². The Hall–Kier alpha value is -3.35. The van der Waals surface area contributed by atoms with Gasteiger partial charge in [-0.1, -0.05) is 12.1 Å². The Morgan fingerprint density at radius 2 is 1.73 bits per heavy atom. The molecule has 1 amide bonds. The number of rotatable bonds is 5. The number of benzene rings is 2. The van der Waals surface area contributed by atoms with E-state index in [9.17, 15) is 9.18 Å². The number of nitrogens with zero attached hydrogens (tertiary/aromatic N) is 1. The Balaban J connectivity index is 2.00. The standard InChI is InChI=1S/C19H17FN2O4/c1-24-15-9-11(10-16(25-2)18(15)26-3)19(23)22-14-7-8-21-17-12(14)5-4-6-13(17)20/h4-10H,1-3H3,(H,21,22,23). The first-order chi connectivity index (χ1) is 12.6. The topological polar surface area (TPSA) is 69.7 Å². The number of ether oxygens (including phenoxy) is 3. The molecule has 1 heterocycles. The Morgan fingerprint density at radius 3 is 2.35 bits per heavy atom. The summed E-state index contributed by atoms with van der Waals surface area (Å²) < 4.78 is 29.7. The van der Waals surface area contributed by atoms with Crippen LogP contribution >= 0.6 is 0 Å². The summed E-state index contributed by atoms with van der Waals surface area (Å²) in [5.74, 6) is 0.264. The minimum atomic E-state index is -0.452. The van der Waals surface area contributed by atoms with Crippen molar-refractivity contribution in [1.82, 2.24) is 4.98 Å². The van der Waals surface area contributed by atoms with E-state index in [-0.39, 0.29) is 5.52 Å². The fourth-order valence-electron chi connectivity index (χ4n) is 2.66. The van der Waals surface area contributed by atoms with Crippen LogP contribution in [0.3, 0.4) is 0 Å². The van der Waals surface area contributed by atoms with E-state index >= 15 is 0 Å². The van der Waals surface area contributed by atoms with Gasteiger partial charge in [0.25, 0.3) is 5.91 Å². The first-order valence-corrected chi connectivity index (χ1v) is 7.73. The van der Waals surface area contributed by atoms with Crippen LogP contribution < -0.4 is 19.5 Å². The predicted octanol–water partition coefficient (Wildman–Crippen LogP) is 3.65. The summed E-state index contributed by atoms with van der Waals surface area (Å²) in [6, 6.07) is 9.27. The predicted molar refractivity (Wildman–Crippen MR) is 95.8 cm³/mol. The van der Waals surface area contributed by atoms with Gasteiger partial charge in [-0.05, 0) is 24.3 Å². The van der Waals surface area contributed by atoms with Crippen molar-refractivity contribution in [3.8, 4) is 17.2 Å². The van der Waals surface area contributed by atoms with Crippen LogP contribution in [-0.4, -0.2) is 32.2 Å². The minimum Gasteiger partial charge on any atom is -0.493 e. The fourth-order valence-corrected chi connectivity index (χ4v) is 2.66. The van der Waals surface area contributed by atoms with Gasteiger partial charge < -0.3 is 19.5 Å². The molecule has 0 aliphatic carbocycles. The summed E-state index contributed by atoms with van der Waals surface area (Å²) in [6.07, 6.45) is 1.44. The summed E-state index contributed by atoms with van der Waals surface area (Å²) in [5.41, 5.74) is 0.948. The second-order valence-electron chi connectivity index (χ2n) is 5.36. The number of methoxy groups -OCH3 is 3. The average molecular weight is 356 g/mol. The molecule has 3 rings (SSSR count). The van der Waals surface area contributed by atoms with Gasteiger partial charge in [-0.15, -0.1) is 0 Å². The number of amides is 1. The molecule has 2 aromatic carbocycles. The molecule has 1 aromatic heterocycles. The number of carbonyl (C=O) groups excluding carboxylic acids is 1. The number of para-hydroxylation sites is 1. The molecule has 0 spiro atoms. The minimum absolute atomic E-state index is 0.190. The number of pyridine rings is 1. The zero-order chi connectivity index (χ0) is 18.7. The summed E-state index contributed by atoms with van der Waals surface area (Å²) in [7, 11) is 4.42. The molecule has 0 aliphatic rings. The zero-order valence-corrected chi connectivity index (χ0v) is 14.5. The maximum Gasteiger partial charge on any atom is 0.255 e. The Labute approximate surface area is 149 Å².